The van der Waals surface area contributed by atoms with Crippen LogP contribution in [0.4, 0.5) is 0 Å². The number of rotatable bonds is 7. The maximum Gasteiger partial charge on any atom is 0.273 e. The maximum atomic E-state index is 12.8. The Morgan fingerprint density at radius 2 is 2.08 bits per heavy atom. The summed E-state index contributed by atoms with van der Waals surface area (Å²) in [5.41, 5.74) is 2.66. The standard InChI is InChI=1S/C19H20N2O3S/c1-14-5-7-15(8-6-14)18-20-17(13-25-18)19(22)21(9-11-23-2)12-16-4-3-10-24-16/h3-8,10,13H,9,11-12H2,1-2H3. The van der Waals surface area contributed by atoms with Crippen LogP contribution in [0.15, 0.2) is 52.5 Å². The van der Waals surface area contributed by atoms with Crippen molar-refractivity contribution in [1.29, 1.82) is 0 Å². The van der Waals surface area contributed by atoms with E-state index in [1.165, 1.54) is 16.9 Å². The smallest absolute Gasteiger partial charge is 0.273 e. The largest absolute Gasteiger partial charge is 0.467 e. The fourth-order valence-electron chi connectivity index (χ4n) is 2.41. The minimum absolute atomic E-state index is 0.122. The van der Waals surface area contributed by atoms with Gasteiger partial charge in [-0.1, -0.05) is 29.8 Å². The molecule has 0 saturated heterocycles. The summed E-state index contributed by atoms with van der Waals surface area (Å²) in [6, 6.07) is 11.8. The summed E-state index contributed by atoms with van der Waals surface area (Å²) in [5, 5.41) is 2.65. The number of carbonyl (C=O) groups is 1. The molecule has 0 spiro atoms. The monoisotopic (exact) mass is 356 g/mol. The van der Waals surface area contributed by atoms with Crippen LogP contribution in [0.1, 0.15) is 21.8 Å². The molecule has 2 aromatic heterocycles. The Morgan fingerprint density at radius 3 is 2.76 bits per heavy atom. The van der Waals surface area contributed by atoms with Gasteiger partial charge in [0.2, 0.25) is 0 Å². The molecule has 5 nitrogen and oxygen atoms in total. The molecule has 0 radical (unpaired) electrons. The second-order valence-electron chi connectivity index (χ2n) is 5.70. The Kier molecular flexibility index (Phi) is 5.63. The molecule has 6 heteroatoms. The highest BCUT2D eigenvalue weighted by Gasteiger charge is 2.20. The first-order valence-corrected chi connectivity index (χ1v) is 8.88. The van der Waals surface area contributed by atoms with E-state index in [0.29, 0.717) is 25.4 Å². The molecule has 0 fully saturated rings. The highest BCUT2D eigenvalue weighted by Crippen LogP contribution is 2.25. The highest BCUT2D eigenvalue weighted by atomic mass is 32.1. The van der Waals surface area contributed by atoms with E-state index < -0.39 is 0 Å². The van der Waals surface area contributed by atoms with E-state index in [2.05, 4.69) is 4.98 Å². The van der Waals surface area contributed by atoms with E-state index in [1.54, 1.807) is 23.7 Å². The number of hydrogen-bond donors (Lipinski definition) is 0. The van der Waals surface area contributed by atoms with Gasteiger partial charge in [-0.2, -0.15) is 0 Å². The Labute approximate surface area is 150 Å². The van der Waals surface area contributed by atoms with Gasteiger partial charge in [-0.05, 0) is 19.1 Å². The predicted octanol–water partition coefficient (Wildman–Crippen LogP) is 4.00. The third kappa shape index (κ3) is 4.35. The normalized spacial score (nSPS) is 10.8. The molecule has 0 atom stereocenters. The Morgan fingerprint density at radius 1 is 1.28 bits per heavy atom. The molecule has 1 aromatic carbocycles. The number of hydrogen-bond acceptors (Lipinski definition) is 5. The molecule has 3 aromatic rings. The average Bonchev–Trinajstić information content (AvgIpc) is 3.30. The number of furan rings is 1. The van der Waals surface area contributed by atoms with Crippen molar-refractivity contribution in [1.82, 2.24) is 9.88 Å². The molecular weight excluding hydrogens is 336 g/mol. The van der Waals surface area contributed by atoms with Crippen molar-refractivity contribution in [3.05, 3.63) is 65.1 Å². The first-order valence-electron chi connectivity index (χ1n) is 8.00. The number of aryl methyl sites for hydroxylation is 1. The van der Waals surface area contributed by atoms with Crippen LogP contribution in [0.2, 0.25) is 0 Å². The molecular formula is C19H20N2O3S. The number of ether oxygens (including phenoxy) is 1. The molecule has 130 valence electrons. The topological polar surface area (TPSA) is 55.6 Å². The zero-order chi connectivity index (χ0) is 17.6. The van der Waals surface area contributed by atoms with E-state index in [-0.39, 0.29) is 5.91 Å². The van der Waals surface area contributed by atoms with Gasteiger partial charge in [0.15, 0.2) is 0 Å². The van der Waals surface area contributed by atoms with Crippen molar-refractivity contribution < 1.29 is 13.9 Å². The van der Waals surface area contributed by atoms with Crippen LogP contribution in [0.5, 0.6) is 0 Å². The van der Waals surface area contributed by atoms with Crippen molar-refractivity contribution in [3.63, 3.8) is 0 Å². The Hall–Kier alpha value is -2.44. The molecule has 0 aliphatic rings. The van der Waals surface area contributed by atoms with E-state index >= 15 is 0 Å². The second-order valence-corrected chi connectivity index (χ2v) is 6.56. The van der Waals surface area contributed by atoms with Crippen molar-refractivity contribution >= 4 is 17.2 Å². The van der Waals surface area contributed by atoms with Gasteiger partial charge in [0.05, 0.1) is 19.4 Å². The van der Waals surface area contributed by atoms with Crippen molar-refractivity contribution in [2.75, 3.05) is 20.3 Å². The minimum atomic E-state index is -0.122. The summed E-state index contributed by atoms with van der Waals surface area (Å²) in [7, 11) is 1.62. The van der Waals surface area contributed by atoms with Gasteiger partial charge in [0, 0.05) is 24.6 Å². The van der Waals surface area contributed by atoms with Crippen LogP contribution in [0, 0.1) is 6.92 Å². The molecule has 2 heterocycles. The lowest BCUT2D eigenvalue weighted by molar-refractivity contribution is 0.0661. The number of benzene rings is 1. The Bertz CT molecular complexity index is 810. The molecule has 25 heavy (non-hydrogen) atoms. The molecule has 0 aliphatic heterocycles. The third-order valence-corrected chi connectivity index (χ3v) is 4.69. The molecule has 0 aliphatic carbocycles. The van der Waals surface area contributed by atoms with Gasteiger partial charge in [-0.25, -0.2) is 4.98 Å². The fourth-order valence-corrected chi connectivity index (χ4v) is 3.21. The van der Waals surface area contributed by atoms with E-state index in [9.17, 15) is 4.79 Å². The predicted molar refractivity (Wildman–Crippen MR) is 97.6 cm³/mol. The number of carbonyl (C=O) groups excluding carboxylic acids is 1. The SMILES string of the molecule is COCCN(Cc1ccco1)C(=O)c1csc(-c2ccc(C)cc2)n1. The summed E-state index contributed by atoms with van der Waals surface area (Å²) < 4.78 is 10.5. The van der Waals surface area contributed by atoms with Crippen LogP contribution < -0.4 is 0 Å². The summed E-state index contributed by atoms with van der Waals surface area (Å²) in [6.07, 6.45) is 1.60. The number of thiazole rings is 1. The van der Waals surface area contributed by atoms with Crippen LogP contribution in [0.25, 0.3) is 10.6 Å². The summed E-state index contributed by atoms with van der Waals surface area (Å²) in [5.74, 6) is 0.613. The summed E-state index contributed by atoms with van der Waals surface area (Å²) >= 11 is 1.47. The molecule has 1 amide bonds. The van der Waals surface area contributed by atoms with Crippen LogP contribution in [-0.2, 0) is 11.3 Å². The van der Waals surface area contributed by atoms with E-state index in [0.717, 1.165) is 16.3 Å². The first kappa shape index (κ1) is 17.4. The minimum Gasteiger partial charge on any atom is -0.467 e. The second kappa shape index (κ2) is 8.09. The van der Waals surface area contributed by atoms with Crippen LogP contribution in [-0.4, -0.2) is 36.1 Å². The molecule has 0 bridgehead atoms. The first-order chi connectivity index (χ1) is 12.2. The lowest BCUT2D eigenvalue weighted by Gasteiger charge is -2.20. The third-order valence-electron chi connectivity index (χ3n) is 3.80. The van der Waals surface area contributed by atoms with E-state index in [1.807, 2.05) is 43.3 Å². The lowest BCUT2D eigenvalue weighted by Crippen LogP contribution is -2.33. The average molecular weight is 356 g/mol. The van der Waals surface area contributed by atoms with Crippen molar-refractivity contribution in [2.45, 2.75) is 13.5 Å². The molecule has 0 unspecified atom stereocenters. The van der Waals surface area contributed by atoms with Gasteiger partial charge in [-0.3, -0.25) is 4.79 Å². The molecule has 0 saturated carbocycles. The van der Waals surface area contributed by atoms with Gasteiger partial charge in [-0.15, -0.1) is 11.3 Å². The van der Waals surface area contributed by atoms with Crippen LogP contribution >= 0.6 is 11.3 Å². The highest BCUT2D eigenvalue weighted by molar-refractivity contribution is 7.13. The summed E-state index contributed by atoms with van der Waals surface area (Å²) in [4.78, 5) is 19.1. The molecule has 3 rings (SSSR count). The number of methoxy groups -OCH3 is 1. The van der Waals surface area contributed by atoms with Crippen LogP contribution in [0.3, 0.4) is 0 Å². The molecule has 0 N–H and O–H groups in total. The lowest BCUT2D eigenvalue weighted by atomic mass is 10.2. The van der Waals surface area contributed by atoms with Gasteiger partial charge in [0.25, 0.3) is 5.91 Å². The zero-order valence-corrected chi connectivity index (χ0v) is 15.1. The summed E-state index contributed by atoms with van der Waals surface area (Å²) in [6.45, 7) is 3.38. The Balaban J connectivity index is 1.78. The van der Waals surface area contributed by atoms with Gasteiger partial charge >= 0.3 is 0 Å². The van der Waals surface area contributed by atoms with Crippen molar-refractivity contribution in [3.8, 4) is 10.6 Å². The van der Waals surface area contributed by atoms with Crippen molar-refractivity contribution in [2.24, 2.45) is 0 Å². The fraction of sp³-hybridized carbons (Fsp3) is 0.263. The van der Waals surface area contributed by atoms with Gasteiger partial charge < -0.3 is 14.1 Å². The maximum absolute atomic E-state index is 12.8. The zero-order valence-electron chi connectivity index (χ0n) is 14.3. The number of nitrogens with zero attached hydrogens (tertiary/aromatic N) is 2. The van der Waals surface area contributed by atoms with Gasteiger partial charge in [0.1, 0.15) is 16.5 Å². The quantitative estimate of drug-likeness (QED) is 0.642. The number of aromatic nitrogens is 1. The van der Waals surface area contributed by atoms with E-state index in [4.69, 9.17) is 9.15 Å². The number of amides is 1.